The molecule has 0 radical (unpaired) electrons. The molecule has 0 aliphatic rings. The highest BCUT2D eigenvalue weighted by Gasteiger charge is 2.27. The highest BCUT2D eigenvalue weighted by Crippen LogP contribution is 2.28. The summed E-state index contributed by atoms with van der Waals surface area (Å²) in [7, 11) is -4.10. The number of halogens is 2. The van der Waals surface area contributed by atoms with Crippen LogP contribution in [-0.2, 0) is 14.8 Å². The van der Waals surface area contributed by atoms with Crippen LogP contribution in [0.2, 0.25) is 5.02 Å². The van der Waals surface area contributed by atoms with Gasteiger partial charge in [0.1, 0.15) is 12.4 Å². The van der Waals surface area contributed by atoms with Crippen LogP contribution in [-0.4, -0.2) is 20.9 Å². The number of hydrogen-bond acceptors (Lipinski definition) is 3. The molecule has 0 fully saturated rings. The van der Waals surface area contributed by atoms with E-state index in [1.807, 2.05) is 12.1 Å². The number of benzene rings is 3. The van der Waals surface area contributed by atoms with Gasteiger partial charge < -0.3 is 5.32 Å². The largest absolute Gasteiger partial charge is 0.325 e. The molecule has 0 saturated heterocycles. The van der Waals surface area contributed by atoms with Crippen LogP contribution in [0.25, 0.3) is 0 Å². The zero-order valence-electron chi connectivity index (χ0n) is 17.0. The fourth-order valence-corrected chi connectivity index (χ4v) is 4.57. The molecule has 0 heterocycles. The van der Waals surface area contributed by atoms with Gasteiger partial charge in [0.2, 0.25) is 5.91 Å². The van der Waals surface area contributed by atoms with Crippen molar-refractivity contribution in [3.63, 3.8) is 0 Å². The molecular weight excluding hydrogens is 439 g/mol. The molecule has 3 aromatic carbocycles. The summed E-state index contributed by atoms with van der Waals surface area (Å²) in [6, 6.07) is 18.5. The molecule has 1 N–H and O–H groups in total. The zero-order valence-corrected chi connectivity index (χ0v) is 18.6. The molecule has 0 aliphatic heterocycles. The molecule has 3 aromatic rings. The van der Waals surface area contributed by atoms with Crippen molar-refractivity contribution in [2.75, 3.05) is 16.2 Å². The number of carbonyl (C=O) groups is 1. The maximum Gasteiger partial charge on any atom is 0.264 e. The lowest BCUT2D eigenvalue weighted by Gasteiger charge is -2.24. The molecular formula is C23H22ClFN2O3S. The monoisotopic (exact) mass is 460 g/mol. The average Bonchev–Trinajstić information content (AvgIpc) is 2.75. The van der Waals surface area contributed by atoms with Crippen molar-refractivity contribution in [2.45, 2.75) is 24.7 Å². The summed E-state index contributed by atoms with van der Waals surface area (Å²) < 4.78 is 41.0. The Morgan fingerprint density at radius 1 is 1.03 bits per heavy atom. The average molecular weight is 461 g/mol. The van der Waals surface area contributed by atoms with Crippen LogP contribution in [0.4, 0.5) is 15.8 Å². The van der Waals surface area contributed by atoms with E-state index in [-0.39, 0.29) is 15.6 Å². The first-order chi connectivity index (χ1) is 14.7. The first kappa shape index (κ1) is 22.8. The Kier molecular flexibility index (Phi) is 6.97. The third kappa shape index (κ3) is 5.42. The summed E-state index contributed by atoms with van der Waals surface area (Å²) in [4.78, 5) is 12.7. The van der Waals surface area contributed by atoms with Gasteiger partial charge in [0, 0.05) is 5.69 Å². The maximum atomic E-state index is 13.6. The van der Waals surface area contributed by atoms with E-state index in [1.54, 1.807) is 30.3 Å². The summed E-state index contributed by atoms with van der Waals surface area (Å²) in [5.74, 6) is -0.881. The van der Waals surface area contributed by atoms with Gasteiger partial charge in [0.25, 0.3) is 10.0 Å². The molecule has 0 unspecified atom stereocenters. The Labute approximate surface area is 186 Å². The van der Waals surface area contributed by atoms with Crippen LogP contribution in [0.1, 0.15) is 25.3 Å². The molecule has 0 bridgehead atoms. The Balaban J connectivity index is 1.91. The number of sulfonamides is 1. The second kappa shape index (κ2) is 9.49. The van der Waals surface area contributed by atoms with Gasteiger partial charge in [-0.05, 0) is 53.9 Å². The third-order valence-corrected chi connectivity index (χ3v) is 6.75. The number of nitrogens with zero attached hydrogens (tertiary/aromatic N) is 1. The summed E-state index contributed by atoms with van der Waals surface area (Å²) >= 11 is 5.86. The maximum absolute atomic E-state index is 13.6. The molecule has 31 heavy (non-hydrogen) atoms. The molecule has 1 amide bonds. The predicted octanol–water partition coefficient (Wildman–Crippen LogP) is 5.44. The van der Waals surface area contributed by atoms with E-state index in [0.29, 0.717) is 11.6 Å². The van der Waals surface area contributed by atoms with Crippen LogP contribution < -0.4 is 9.62 Å². The zero-order chi connectivity index (χ0) is 22.6. The second-order valence-corrected chi connectivity index (χ2v) is 9.52. The van der Waals surface area contributed by atoms with E-state index in [0.717, 1.165) is 15.9 Å². The van der Waals surface area contributed by atoms with Gasteiger partial charge >= 0.3 is 0 Å². The van der Waals surface area contributed by atoms with E-state index in [2.05, 4.69) is 19.2 Å². The Hall–Kier alpha value is -2.90. The Morgan fingerprint density at radius 2 is 1.68 bits per heavy atom. The van der Waals surface area contributed by atoms with E-state index < -0.39 is 28.3 Å². The normalized spacial score (nSPS) is 11.4. The van der Waals surface area contributed by atoms with E-state index >= 15 is 0 Å². The van der Waals surface area contributed by atoms with Gasteiger partial charge in [-0.2, -0.15) is 0 Å². The highest BCUT2D eigenvalue weighted by atomic mass is 35.5. The number of hydrogen-bond donors (Lipinski definition) is 1. The second-order valence-electron chi connectivity index (χ2n) is 7.25. The van der Waals surface area contributed by atoms with Gasteiger partial charge in [0.15, 0.2) is 0 Å². The highest BCUT2D eigenvalue weighted by molar-refractivity contribution is 7.92. The lowest BCUT2D eigenvalue weighted by atomic mass is 10.0. The van der Waals surface area contributed by atoms with Crippen molar-refractivity contribution in [2.24, 2.45) is 0 Å². The van der Waals surface area contributed by atoms with Crippen LogP contribution in [0.5, 0.6) is 0 Å². The van der Waals surface area contributed by atoms with Crippen molar-refractivity contribution in [1.82, 2.24) is 0 Å². The quantitative estimate of drug-likeness (QED) is 0.510. The number of anilines is 2. The lowest BCUT2D eigenvalue weighted by Crippen LogP contribution is -2.38. The molecule has 0 aliphatic carbocycles. The van der Waals surface area contributed by atoms with Crippen LogP contribution in [0, 0.1) is 5.82 Å². The number of rotatable bonds is 7. The summed E-state index contributed by atoms with van der Waals surface area (Å²) in [5, 5.41) is 2.47. The molecule has 0 saturated carbocycles. The summed E-state index contributed by atoms with van der Waals surface area (Å²) in [6.07, 6.45) is 0. The van der Waals surface area contributed by atoms with Gasteiger partial charge in [-0.25, -0.2) is 12.8 Å². The molecule has 0 spiro atoms. The molecule has 162 valence electrons. The first-order valence-corrected chi connectivity index (χ1v) is 11.4. The molecule has 0 atom stereocenters. The minimum Gasteiger partial charge on any atom is -0.325 e. The summed E-state index contributed by atoms with van der Waals surface area (Å²) in [6.45, 7) is 3.62. The fraction of sp³-hybridized carbons (Fsp3) is 0.174. The Morgan fingerprint density at radius 3 is 2.26 bits per heavy atom. The summed E-state index contributed by atoms with van der Waals surface area (Å²) in [5.41, 5.74) is 1.75. The van der Waals surface area contributed by atoms with Gasteiger partial charge in [-0.1, -0.05) is 55.8 Å². The molecule has 3 rings (SSSR count). The van der Waals surface area contributed by atoms with Gasteiger partial charge in [-0.15, -0.1) is 0 Å². The van der Waals surface area contributed by atoms with Crippen molar-refractivity contribution in [3.8, 4) is 0 Å². The Bertz CT molecular complexity index is 1170. The number of carbonyl (C=O) groups excluding carboxylic acids is 1. The van der Waals surface area contributed by atoms with E-state index in [9.17, 15) is 17.6 Å². The van der Waals surface area contributed by atoms with Gasteiger partial charge in [0.05, 0.1) is 15.6 Å². The van der Waals surface area contributed by atoms with Crippen molar-refractivity contribution in [3.05, 3.63) is 89.2 Å². The standard InChI is InChI=1S/C23H22ClFN2O3S/c1-16(2)17-8-10-18(11-9-17)26-23(28)15-27(19-12-13-22(25)21(24)14-19)31(29,30)20-6-4-3-5-7-20/h3-14,16H,15H2,1-2H3,(H,26,28). The first-order valence-electron chi connectivity index (χ1n) is 9.61. The minimum absolute atomic E-state index is 0.00420. The third-order valence-electron chi connectivity index (χ3n) is 4.67. The molecule has 5 nitrogen and oxygen atoms in total. The van der Waals surface area contributed by atoms with E-state index in [1.165, 1.54) is 24.3 Å². The van der Waals surface area contributed by atoms with Crippen molar-refractivity contribution in [1.29, 1.82) is 0 Å². The number of nitrogens with one attached hydrogen (secondary N) is 1. The fourth-order valence-electron chi connectivity index (χ4n) is 2.96. The molecule has 0 aromatic heterocycles. The number of amides is 1. The SMILES string of the molecule is CC(C)c1ccc(NC(=O)CN(c2ccc(F)c(Cl)c2)S(=O)(=O)c2ccccc2)cc1. The molecule has 8 heteroatoms. The van der Waals surface area contributed by atoms with Crippen LogP contribution >= 0.6 is 11.6 Å². The van der Waals surface area contributed by atoms with Gasteiger partial charge in [-0.3, -0.25) is 9.10 Å². The smallest absolute Gasteiger partial charge is 0.264 e. The lowest BCUT2D eigenvalue weighted by molar-refractivity contribution is -0.114. The minimum atomic E-state index is -4.10. The van der Waals surface area contributed by atoms with Crippen molar-refractivity contribution >= 4 is 38.9 Å². The van der Waals surface area contributed by atoms with E-state index in [4.69, 9.17) is 11.6 Å². The topological polar surface area (TPSA) is 66.5 Å². The predicted molar refractivity (Wildman–Crippen MR) is 122 cm³/mol. The van der Waals surface area contributed by atoms with Crippen LogP contribution in [0.3, 0.4) is 0 Å². The van der Waals surface area contributed by atoms with Crippen LogP contribution in [0.15, 0.2) is 77.7 Å². The van der Waals surface area contributed by atoms with Crippen molar-refractivity contribution < 1.29 is 17.6 Å².